The van der Waals surface area contributed by atoms with Crippen LogP contribution in [0, 0.1) is 5.41 Å². The molecular formula is C23H23ClN4O3. The van der Waals surface area contributed by atoms with E-state index in [1.165, 1.54) is 12.1 Å². The summed E-state index contributed by atoms with van der Waals surface area (Å²) >= 11 is 0. The molecule has 0 aliphatic carbocycles. The third-order valence-corrected chi connectivity index (χ3v) is 4.57. The van der Waals surface area contributed by atoms with Gasteiger partial charge in [-0.25, -0.2) is 4.79 Å². The second kappa shape index (κ2) is 10.8. The molecular weight excluding hydrogens is 416 g/mol. The summed E-state index contributed by atoms with van der Waals surface area (Å²) in [6.07, 6.45) is 0. The van der Waals surface area contributed by atoms with E-state index in [9.17, 15) is 9.59 Å². The SMILES string of the molecule is Cl.N=C(N)c1ccc(N[C@@H](C(=O)NCc2ccccc2)c2ccc(C(=O)O)cc2)cc1. The van der Waals surface area contributed by atoms with Crippen LogP contribution in [0.4, 0.5) is 5.69 Å². The predicted molar refractivity (Wildman–Crippen MR) is 123 cm³/mol. The van der Waals surface area contributed by atoms with E-state index in [-0.39, 0.29) is 29.7 Å². The van der Waals surface area contributed by atoms with Crippen molar-refractivity contribution >= 4 is 35.8 Å². The highest BCUT2D eigenvalue weighted by Gasteiger charge is 2.21. The highest BCUT2D eigenvalue weighted by molar-refractivity contribution is 5.95. The van der Waals surface area contributed by atoms with Crippen LogP contribution in [-0.2, 0) is 11.3 Å². The highest BCUT2D eigenvalue weighted by Crippen LogP contribution is 2.21. The lowest BCUT2D eigenvalue weighted by molar-refractivity contribution is -0.122. The van der Waals surface area contributed by atoms with Gasteiger partial charge in [-0.3, -0.25) is 10.2 Å². The van der Waals surface area contributed by atoms with Crippen LogP contribution in [-0.4, -0.2) is 22.8 Å². The number of nitrogens with one attached hydrogen (secondary N) is 3. The van der Waals surface area contributed by atoms with Gasteiger partial charge in [0.1, 0.15) is 11.9 Å². The second-order valence-electron chi connectivity index (χ2n) is 6.70. The number of nitrogen functional groups attached to an aromatic ring is 1. The van der Waals surface area contributed by atoms with E-state index in [1.54, 1.807) is 36.4 Å². The van der Waals surface area contributed by atoms with Crippen molar-refractivity contribution in [3.8, 4) is 0 Å². The van der Waals surface area contributed by atoms with Gasteiger partial charge in [0, 0.05) is 17.8 Å². The molecule has 1 atom stereocenters. The molecule has 0 aromatic heterocycles. The lowest BCUT2D eigenvalue weighted by Crippen LogP contribution is -2.33. The zero-order chi connectivity index (χ0) is 21.5. The molecule has 7 nitrogen and oxygen atoms in total. The van der Waals surface area contributed by atoms with Gasteiger partial charge in [0.2, 0.25) is 5.91 Å². The number of hydrogen-bond acceptors (Lipinski definition) is 4. The van der Waals surface area contributed by atoms with Gasteiger partial charge in [-0.15, -0.1) is 12.4 Å². The van der Waals surface area contributed by atoms with Crippen LogP contribution in [0.2, 0.25) is 0 Å². The van der Waals surface area contributed by atoms with E-state index in [4.69, 9.17) is 16.2 Å². The van der Waals surface area contributed by atoms with E-state index in [1.807, 2.05) is 30.3 Å². The maximum atomic E-state index is 13.0. The Labute approximate surface area is 186 Å². The van der Waals surface area contributed by atoms with Crippen LogP contribution >= 0.6 is 12.4 Å². The summed E-state index contributed by atoms with van der Waals surface area (Å²) in [4.78, 5) is 24.1. The largest absolute Gasteiger partial charge is 0.478 e. The molecule has 0 saturated heterocycles. The molecule has 1 amide bonds. The lowest BCUT2D eigenvalue weighted by Gasteiger charge is -2.20. The zero-order valence-electron chi connectivity index (χ0n) is 16.5. The summed E-state index contributed by atoms with van der Waals surface area (Å²) in [5.74, 6) is -1.32. The molecule has 3 aromatic rings. The molecule has 0 heterocycles. The Morgan fingerprint density at radius 3 is 2.03 bits per heavy atom. The van der Waals surface area contributed by atoms with Gasteiger partial charge in [-0.2, -0.15) is 0 Å². The average Bonchev–Trinajstić information content (AvgIpc) is 2.77. The average molecular weight is 439 g/mol. The van der Waals surface area contributed by atoms with Gasteiger partial charge in [-0.05, 0) is 47.5 Å². The summed E-state index contributed by atoms with van der Waals surface area (Å²) in [6.45, 7) is 0.369. The number of carboxylic acids is 1. The maximum Gasteiger partial charge on any atom is 0.335 e. The fourth-order valence-electron chi connectivity index (χ4n) is 2.92. The van der Waals surface area contributed by atoms with Crippen LogP contribution in [0.25, 0.3) is 0 Å². The van der Waals surface area contributed by atoms with E-state index in [0.717, 1.165) is 5.56 Å². The number of carbonyl (C=O) groups is 2. The smallest absolute Gasteiger partial charge is 0.335 e. The van der Waals surface area contributed by atoms with Crippen molar-refractivity contribution < 1.29 is 14.7 Å². The summed E-state index contributed by atoms with van der Waals surface area (Å²) in [7, 11) is 0. The Kier molecular flexibility index (Phi) is 8.16. The van der Waals surface area contributed by atoms with Gasteiger partial charge in [0.15, 0.2) is 0 Å². The summed E-state index contributed by atoms with van der Waals surface area (Å²) in [5.41, 5.74) is 8.48. The molecule has 160 valence electrons. The molecule has 0 aliphatic rings. The van der Waals surface area contributed by atoms with Crippen LogP contribution in [0.15, 0.2) is 78.9 Å². The monoisotopic (exact) mass is 438 g/mol. The fraction of sp³-hybridized carbons (Fsp3) is 0.0870. The first-order chi connectivity index (χ1) is 14.4. The Hall–Kier alpha value is -3.84. The minimum absolute atomic E-state index is 0. The first-order valence-corrected chi connectivity index (χ1v) is 9.30. The summed E-state index contributed by atoms with van der Waals surface area (Å²) in [6, 6.07) is 21.8. The number of rotatable bonds is 8. The number of nitrogens with two attached hydrogens (primary N) is 1. The number of carbonyl (C=O) groups excluding carboxylic acids is 1. The number of hydrogen-bond donors (Lipinski definition) is 5. The molecule has 0 aliphatic heterocycles. The number of anilines is 1. The minimum atomic E-state index is -1.03. The zero-order valence-corrected chi connectivity index (χ0v) is 17.4. The number of amides is 1. The lowest BCUT2D eigenvalue weighted by atomic mass is 10.0. The van der Waals surface area contributed by atoms with Gasteiger partial charge in [0.05, 0.1) is 5.56 Å². The third-order valence-electron chi connectivity index (χ3n) is 4.57. The first-order valence-electron chi connectivity index (χ1n) is 9.30. The maximum absolute atomic E-state index is 13.0. The van der Waals surface area contributed by atoms with Crippen LogP contribution in [0.3, 0.4) is 0 Å². The highest BCUT2D eigenvalue weighted by atomic mass is 35.5. The molecule has 3 aromatic carbocycles. The Morgan fingerprint density at radius 1 is 0.903 bits per heavy atom. The van der Waals surface area contributed by atoms with E-state index >= 15 is 0 Å². The fourth-order valence-corrected chi connectivity index (χ4v) is 2.92. The van der Waals surface area contributed by atoms with E-state index < -0.39 is 12.0 Å². The predicted octanol–water partition coefficient (Wildman–Crippen LogP) is 3.56. The topological polar surface area (TPSA) is 128 Å². The minimum Gasteiger partial charge on any atom is -0.478 e. The normalized spacial score (nSPS) is 11.0. The molecule has 0 bridgehead atoms. The molecule has 0 radical (unpaired) electrons. The summed E-state index contributed by atoms with van der Waals surface area (Å²) in [5, 5.41) is 22.7. The number of amidine groups is 1. The van der Waals surface area contributed by atoms with Crippen LogP contribution in [0.1, 0.15) is 33.1 Å². The van der Waals surface area contributed by atoms with Gasteiger partial charge in [0.25, 0.3) is 0 Å². The number of benzene rings is 3. The molecule has 6 N–H and O–H groups in total. The van der Waals surface area contributed by atoms with Crippen molar-refractivity contribution in [2.45, 2.75) is 12.6 Å². The molecule has 0 spiro atoms. The quantitative estimate of drug-likeness (QED) is 0.271. The third kappa shape index (κ3) is 6.32. The molecule has 3 rings (SSSR count). The molecule has 0 unspecified atom stereocenters. The van der Waals surface area contributed by atoms with Crippen LogP contribution < -0.4 is 16.4 Å². The second-order valence-corrected chi connectivity index (χ2v) is 6.70. The Morgan fingerprint density at radius 2 is 1.48 bits per heavy atom. The van der Waals surface area contributed by atoms with Gasteiger partial charge < -0.3 is 21.5 Å². The van der Waals surface area contributed by atoms with Crippen molar-refractivity contribution in [1.82, 2.24) is 5.32 Å². The summed E-state index contributed by atoms with van der Waals surface area (Å²) < 4.78 is 0. The van der Waals surface area contributed by atoms with Crippen molar-refractivity contribution in [1.29, 1.82) is 5.41 Å². The van der Waals surface area contributed by atoms with E-state index in [0.29, 0.717) is 23.4 Å². The van der Waals surface area contributed by atoms with Crippen LogP contribution in [0.5, 0.6) is 0 Å². The van der Waals surface area contributed by atoms with Gasteiger partial charge in [-0.1, -0.05) is 42.5 Å². The Balaban J connectivity index is 0.00000341. The van der Waals surface area contributed by atoms with E-state index in [2.05, 4.69) is 10.6 Å². The van der Waals surface area contributed by atoms with Crippen molar-refractivity contribution in [3.05, 3.63) is 101 Å². The first kappa shape index (κ1) is 23.4. The van der Waals surface area contributed by atoms with Crippen molar-refractivity contribution in [2.24, 2.45) is 5.73 Å². The molecule has 8 heteroatoms. The van der Waals surface area contributed by atoms with Gasteiger partial charge >= 0.3 is 5.97 Å². The number of aromatic carboxylic acids is 1. The van der Waals surface area contributed by atoms with Crippen molar-refractivity contribution in [2.75, 3.05) is 5.32 Å². The molecule has 31 heavy (non-hydrogen) atoms. The Bertz CT molecular complexity index is 1040. The molecule has 0 fully saturated rings. The molecule has 0 saturated carbocycles. The standard InChI is InChI=1S/C23H22N4O3.ClH/c24-21(25)17-10-12-19(13-11-17)27-20(16-6-8-18(9-7-16)23(29)30)22(28)26-14-15-4-2-1-3-5-15;/h1-13,20,27H,14H2,(H3,24,25)(H,26,28)(H,29,30);1H/t20-;/m1./s1. The number of halogens is 1. The van der Waals surface area contributed by atoms with Crippen molar-refractivity contribution in [3.63, 3.8) is 0 Å². The number of carboxylic acid groups (broad SMARTS) is 1.